The Bertz CT molecular complexity index is 516. The molecule has 0 radical (unpaired) electrons. The number of amides is 1. The van der Waals surface area contributed by atoms with Gasteiger partial charge < -0.3 is 10.0 Å². The summed E-state index contributed by atoms with van der Waals surface area (Å²) in [7, 11) is -3.76. The molecular formula is C13H23N3O5S. The molecule has 126 valence electrons. The molecule has 0 aromatic rings. The van der Waals surface area contributed by atoms with Gasteiger partial charge in [-0.25, -0.2) is 0 Å². The van der Waals surface area contributed by atoms with Crippen molar-refractivity contribution in [3.05, 3.63) is 0 Å². The lowest BCUT2D eigenvalue weighted by atomic mass is 9.96. The van der Waals surface area contributed by atoms with Crippen molar-refractivity contribution in [3.63, 3.8) is 0 Å². The minimum absolute atomic E-state index is 0.0833. The first kappa shape index (κ1) is 17.2. The molecule has 3 N–H and O–H groups in total. The van der Waals surface area contributed by atoms with E-state index >= 15 is 0 Å². The van der Waals surface area contributed by atoms with Crippen LogP contribution < -0.4 is 9.44 Å². The van der Waals surface area contributed by atoms with Crippen molar-refractivity contribution in [2.75, 3.05) is 13.1 Å². The van der Waals surface area contributed by atoms with Crippen LogP contribution in [0.1, 0.15) is 44.9 Å². The number of carboxylic acids is 1. The van der Waals surface area contributed by atoms with Crippen molar-refractivity contribution in [2.45, 2.75) is 57.0 Å². The molecule has 0 bridgehead atoms. The number of hydrogen-bond acceptors (Lipinski definition) is 4. The van der Waals surface area contributed by atoms with Gasteiger partial charge in [0.15, 0.2) is 0 Å². The second-order valence-electron chi connectivity index (χ2n) is 5.92. The Morgan fingerprint density at radius 3 is 2.45 bits per heavy atom. The van der Waals surface area contributed by atoms with Gasteiger partial charge in [0.1, 0.15) is 12.6 Å². The molecule has 2 aliphatic rings. The Labute approximate surface area is 130 Å². The van der Waals surface area contributed by atoms with Crippen LogP contribution in [-0.2, 0) is 19.8 Å². The van der Waals surface area contributed by atoms with Gasteiger partial charge in [-0.3, -0.25) is 9.59 Å². The highest BCUT2D eigenvalue weighted by Gasteiger charge is 2.33. The van der Waals surface area contributed by atoms with E-state index in [0.29, 0.717) is 19.4 Å². The predicted octanol–water partition coefficient (Wildman–Crippen LogP) is -0.181. The smallest absolute Gasteiger partial charge is 0.323 e. The summed E-state index contributed by atoms with van der Waals surface area (Å²) in [6.07, 6.45) is 5.71. The Morgan fingerprint density at radius 1 is 1.14 bits per heavy atom. The fourth-order valence-corrected chi connectivity index (χ4v) is 4.37. The van der Waals surface area contributed by atoms with Crippen LogP contribution in [0.2, 0.25) is 0 Å². The van der Waals surface area contributed by atoms with Gasteiger partial charge in [-0.15, -0.1) is 0 Å². The van der Waals surface area contributed by atoms with E-state index in [9.17, 15) is 18.0 Å². The monoisotopic (exact) mass is 333 g/mol. The molecule has 1 aliphatic carbocycles. The van der Waals surface area contributed by atoms with E-state index in [1.54, 1.807) is 0 Å². The van der Waals surface area contributed by atoms with Gasteiger partial charge in [0.25, 0.3) is 10.2 Å². The maximum atomic E-state index is 12.1. The van der Waals surface area contributed by atoms with Crippen molar-refractivity contribution in [2.24, 2.45) is 0 Å². The Kier molecular flexibility index (Phi) is 5.76. The molecule has 22 heavy (non-hydrogen) atoms. The number of rotatable bonds is 6. The number of nitrogens with zero attached hydrogens (tertiary/aromatic N) is 1. The van der Waals surface area contributed by atoms with Gasteiger partial charge in [0, 0.05) is 12.6 Å². The van der Waals surface area contributed by atoms with Crippen molar-refractivity contribution in [1.29, 1.82) is 0 Å². The zero-order valence-corrected chi connectivity index (χ0v) is 13.3. The van der Waals surface area contributed by atoms with Crippen molar-refractivity contribution >= 4 is 22.1 Å². The molecule has 1 saturated carbocycles. The van der Waals surface area contributed by atoms with Gasteiger partial charge in [-0.2, -0.15) is 17.9 Å². The summed E-state index contributed by atoms with van der Waals surface area (Å²) < 4.78 is 29.2. The van der Waals surface area contributed by atoms with Crippen LogP contribution in [0.25, 0.3) is 0 Å². The molecule has 0 unspecified atom stereocenters. The largest absolute Gasteiger partial charge is 0.480 e. The molecule has 1 aliphatic heterocycles. The molecule has 0 aromatic heterocycles. The normalized spacial score (nSPS) is 24.5. The molecule has 2 rings (SSSR count). The standard InChI is InChI=1S/C13H23N3O5S/c17-12(18)9-16-8-4-7-11(13(16)19)15-22(20,21)14-10-5-2-1-3-6-10/h10-11,14-15H,1-9H2,(H,17,18)/t11-/m0/s1. The third kappa shape index (κ3) is 4.92. The van der Waals surface area contributed by atoms with Crippen LogP contribution in [0.4, 0.5) is 0 Å². The number of aliphatic carboxylic acids is 1. The number of likely N-dealkylation sites (tertiary alicyclic amines) is 1. The van der Waals surface area contributed by atoms with Crippen LogP contribution in [-0.4, -0.2) is 55.5 Å². The lowest BCUT2D eigenvalue weighted by Crippen LogP contribution is -2.56. The highest BCUT2D eigenvalue weighted by Crippen LogP contribution is 2.18. The number of piperidine rings is 1. The summed E-state index contributed by atoms with van der Waals surface area (Å²) in [5.41, 5.74) is 0. The Hall–Kier alpha value is -1.19. The minimum Gasteiger partial charge on any atom is -0.480 e. The topological polar surface area (TPSA) is 116 Å². The molecule has 2 fully saturated rings. The predicted molar refractivity (Wildman–Crippen MR) is 79.3 cm³/mol. The molecule has 1 saturated heterocycles. The third-order valence-corrected chi connectivity index (χ3v) is 5.32. The number of carbonyl (C=O) groups excluding carboxylic acids is 1. The van der Waals surface area contributed by atoms with Crippen molar-refractivity contribution in [3.8, 4) is 0 Å². The Balaban J connectivity index is 1.92. The summed E-state index contributed by atoms with van der Waals surface area (Å²) in [6, 6.07) is -0.964. The van der Waals surface area contributed by atoms with E-state index in [2.05, 4.69) is 9.44 Å². The first-order valence-electron chi connectivity index (χ1n) is 7.67. The van der Waals surface area contributed by atoms with Gasteiger partial charge in [0.05, 0.1) is 0 Å². The van der Waals surface area contributed by atoms with Gasteiger partial charge >= 0.3 is 5.97 Å². The molecule has 1 heterocycles. The van der Waals surface area contributed by atoms with E-state index in [1.165, 1.54) is 4.90 Å². The molecule has 1 amide bonds. The Morgan fingerprint density at radius 2 is 1.82 bits per heavy atom. The van der Waals surface area contributed by atoms with Crippen molar-refractivity contribution < 1.29 is 23.1 Å². The lowest BCUT2D eigenvalue weighted by molar-refractivity contribution is -0.146. The summed E-state index contributed by atoms with van der Waals surface area (Å²) in [5.74, 6) is -1.57. The van der Waals surface area contributed by atoms with E-state index in [-0.39, 0.29) is 6.04 Å². The number of carboxylic acid groups (broad SMARTS) is 1. The summed E-state index contributed by atoms with van der Waals surface area (Å²) in [6.45, 7) is -0.0491. The van der Waals surface area contributed by atoms with Crippen molar-refractivity contribution in [1.82, 2.24) is 14.3 Å². The van der Waals surface area contributed by atoms with Gasteiger partial charge in [-0.05, 0) is 25.7 Å². The quantitative estimate of drug-likeness (QED) is 0.623. The zero-order chi connectivity index (χ0) is 16.2. The van der Waals surface area contributed by atoms with Gasteiger partial charge in [0.2, 0.25) is 5.91 Å². The lowest BCUT2D eigenvalue weighted by Gasteiger charge is -2.32. The minimum atomic E-state index is -3.76. The molecule has 9 heteroatoms. The van der Waals surface area contributed by atoms with Gasteiger partial charge in [-0.1, -0.05) is 19.3 Å². The highest BCUT2D eigenvalue weighted by atomic mass is 32.2. The third-order valence-electron chi connectivity index (χ3n) is 4.08. The number of carbonyl (C=O) groups is 2. The first-order chi connectivity index (χ1) is 10.4. The maximum Gasteiger partial charge on any atom is 0.323 e. The number of hydrogen-bond donors (Lipinski definition) is 3. The highest BCUT2D eigenvalue weighted by molar-refractivity contribution is 7.87. The maximum absolute atomic E-state index is 12.1. The van der Waals surface area contributed by atoms with E-state index in [1.807, 2.05) is 0 Å². The second kappa shape index (κ2) is 7.38. The van der Waals surface area contributed by atoms with Crippen LogP contribution in [0.5, 0.6) is 0 Å². The average molecular weight is 333 g/mol. The summed E-state index contributed by atoms with van der Waals surface area (Å²) >= 11 is 0. The van der Waals surface area contributed by atoms with Crippen LogP contribution >= 0.6 is 0 Å². The average Bonchev–Trinajstić information content (AvgIpc) is 2.43. The fraction of sp³-hybridized carbons (Fsp3) is 0.846. The fourth-order valence-electron chi connectivity index (χ4n) is 3.03. The molecular weight excluding hydrogens is 310 g/mol. The SMILES string of the molecule is O=C(O)CN1CCC[C@H](NS(=O)(=O)NC2CCCCC2)C1=O. The van der Waals surface area contributed by atoms with Crippen LogP contribution in [0.15, 0.2) is 0 Å². The molecule has 0 aromatic carbocycles. The summed E-state index contributed by atoms with van der Waals surface area (Å²) in [4.78, 5) is 24.0. The van der Waals surface area contributed by atoms with E-state index in [0.717, 1.165) is 32.1 Å². The molecule has 1 atom stereocenters. The molecule has 8 nitrogen and oxygen atoms in total. The zero-order valence-electron chi connectivity index (χ0n) is 12.5. The first-order valence-corrected chi connectivity index (χ1v) is 9.16. The van der Waals surface area contributed by atoms with Crippen LogP contribution in [0, 0.1) is 0 Å². The van der Waals surface area contributed by atoms with E-state index in [4.69, 9.17) is 5.11 Å². The van der Waals surface area contributed by atoms with E-state index < -0.39 is 34.7 Å². The molecule has 0 spiro atoms. The number of nitrogens with one attached hydrogen (secondary N) is 2. The summed E-state index contributed by atoms with van der Waals surface area (Å²) in [5, 5.41) is 8.77. The van der Waals surface area contributed by atoms with Crippen LogP contribution in [0.3, 0.4) is 0 Å². The second-order valence-corrected chi connectivity index (χ2v) is 7.40.